The van der Waals surface area contributed by atoms with Crippen molar-refractivity contribution in [1.82, 2.24) is 19.4 Å². The summed E-state index contributed by atoms with van der Waals surface area (Å²) in [7, 11) is 3.91. The molecule has 0 bridgehead atoms. The third-order valence-electron chi connectivity index (χ3n) is 9.40. The van der Waals surface area contributed by atoms with Gasteiger partial charge in [-0.25, -0.2) is 9.78 Å². The van der Waals surface area contributed by atoms with Gasteiger partial charge in [0.25, 0.3) is 0 Å². The number of fused-ring (bicyclic) bond motifs is 2. The molecule has 7 rings (SSSR count). The molecule has 3 aromatic heterocycles. The van der Waals surface area contributed by atoms with E-state index in [0.29, 0.717) is 28.7 Å². The number of hydrogen-bond acceptors (Lipinski definition) is 7. The molecule has 46 heavy (non-hydrogen) atoms. The van der Waals surface area contributed by atoms with Crippen molar-refractivity contribution in [3.05, 3.63) is 78.1 Å². The van der Waals surface area contributed by atoms with Crippen molar-refractivity contribution >= 4 is 51.9 Å². The normalized spacial score (nSPS) is 17.7. The Morgan fingerprint density at radius 1 is 1.02 bits per heavy atom. The van der Waals surface area contributed by atoms with E-state index in [1.165, 1.54) is 12.8 Å². The predicted molar refractivity (Wildman–Crippen MR) is 177 cm³/mol. The maximum Gasteiger partial charge on any atom is 0.323 e. The van der Waals surface area contributed by atoms with Crippen LogP contribution < -0.4 is 20.3 Å². The number of ketones is 1. The maximum absolute atomic E-state index is 13.5. The molecule has 11 heteroatoms. The number of anilines is 3. The Balaban J connectivity index is 1.08. The van der Waals surface area contributed by atoms with Crippen molar-refractivity contribution in [2.45, 2.75) is 44.6 Å². The van der Waals surface area contributed by atoms with Crippen LogP contribution in [0, 0.1) is 5.92 Å². The number of carbonyl (C=O) groups is 3. The van der Waals surface area contributed by atoms with Gasteiger partial charge in [-0.15, -0.1) is 0 Å². The molecule has 2 fully saturated rings. The standard InChI is InChI=1S/C35H37N7O4/c1-40-21-23(18-30-32(43)27-19-24(9-10-29(27)46-30)38-35(45)39-25-6-5-14-36-20-25)31-28(11-15-37-33(31)40)42-16-12-22(13-17-42)34(44)41(2)26-7-3-4-8-26/h5-6,9-11,14-15,18-22,26H,3-4,7-8,12-13,16-17H2,1-2H3,(H2,38,39,45)/b30-18-. The van der Waals surface area contributed by atoms with E-state index in [0.717, 1.165) is 61.1 Å². The third kappa shape index (κ3) is 5.68. The highest BCUT2D eigenvalue weighted by Gasteiger charge is 2.33. The van der Waals surface area contributed by atoms with E-state index in [1.54, 1.807) is 48.8 Å². The summed E-state index contributed by atoms with van der Waals surface area (Å²) < 4.78 is 7.97. The summed E-state index contributed by atoms with van der Waals surface area (Å²) >= 11 is 0. The average Bonchev–Trinajstić information content (AvgIpc) is 3.80. The molecule has 2 aliphatic heterocycles. The highest BCUT2D eigenvalue weighted by atomic mass is 16.5. The van der Waals surface area contributed by atoms with Gasteiger partial charge in [0.1, 0.15) is 11.4 Å². The fraction of sp³-hybridized carbons (Fsp3) is 0.343. The number of nitrogens with zero attached hydrogens (tertiary/aromatic N) is 5. The summed E-state index contributed by atoms with van der Waals surface area (Å²) in [5.74, 6) is 0.691. The minimum absolute atomic E-state index is 0.0420. The number of benzene rings is 1. The zero-order valence-corrected chi connectivity index (χ0v) is 26.0. The van der Waals surface area contributed by atoms with Gasteiger partial charge >= 0.3 is 6.03 Å². The van der Waals surface area contributed by atoms with Crippen molar-refractivity contribution in [1.29, 1.82) is 0 Å². The first-order valence-corrected chi connectivity index (χ1v) is 15.9. The van der Waals surface area contributed by atoms with Crippen molar-refractivity contribution in [2.75, 3.05) is 35.7 Å². The second-order valence-electron chi connectivity index (χ2n) is 12.3. The molecule has 4 aromatic rings. The van der Waals surface area contributed by atoms with Gasteiger partial charge < -0.3 is 29.7 Å². The molecule has 11 nitrogen and oxygen atoms in total. The van der Waals surface area contributed by atoms with Crippen molar-refractivity contribution < 1.29 is 19.1 Å². The number of piperidine rings is 1. The topological polar surface area (TPSA) is 122 Å². The van der Waals surface area contributed by atoms with E-state index in [1.807, 2.05) is 42.0 Å². The Bertz CT molecular complexity index is 1840. The fourth-order valence-corrected chi connectivity index (χ4v) is 6.96. The Kier molecular flexibility index (Phi) is 7.90. The summed E-state index contributed by atoms with van der Waals surface area (Å²) in [5, 5.41) is 6.41. The zero-order valence-electron chi connectivity index (χ0n) is 26.0. The number of pyridine rings is 2. The lowest BCUT2D eigenvalue weighted by Crippen LogP contribution is -2.44. The number of rotatable bonds is 6. The van der Waals surface area contributed by atoms with E-state index >= 15 is 0 Å². The molecule has 236 valence electrons. The van der Waals surface area contributed by atoms with Crippen molar-refractivity contribution in [3.8, 4) is 5.75 Å². The summed E-state index contributed by atoms with van der Waals surface area (Å²) in [4.78, 5) is 52.2. The highest BCUT2D eigenvalue weighted by molar-refractivity contribution is 6.16. The molecule has 1 aliphatic carbocycles. The van der Waals surface area contributed by atoms with Crippen molar-refractivity contribution in [3.63, 3.8) is 0 Å². The van der Waals surface area contributed by atoms with Crippen LogP contribution in [0.15, 0.2) is 66.9 Å². The monoisotopic (exact) mass is 619 g/mol. The minimum Gasteiger partial charge on any atom is -0.452 e. The highest BCUT2D eigenvalue weighted by Crippen LogP contribution is 2.38. The predicted octanol–water partition coefficient (Wildman–Crippen LogP) is 5.85. The van der Waals surface area contributed by atoms with Crippen LogP contribution in [-0.4, -0.2) is 63.3 Å². The van der Waals surface area contributed by atoms with Gasteiger partial charge in [0, 0.05) is 80.1 Å². The smallest absolute Gasteiger partial charge is 0.323 e. The number of hydrogen-bond donors (Lipinski definition) is 2. The SMILES string of the molecule is CN(C(=O)C1CCN(c2ccnc3c2c(/C=C2\Oc4ccc(NC(=O)Nc5cccnc5)cc4C2=O)cn3C)CC1)C1CCCC1. The van der Waals surface area contributed by atoms with E-state index in [4.69, 9.17) is 4.74 Å². The molecular formula is C35H37N7O4. The van der Waals surface area contributed by atoms with E-state index in [2.05, 4.69) is 25.5 Å². The fourth-order valence-electron chi connectivity index (χ4n) is 6.96. The Labute approximate surface area is 267 Å². The lowest BCUT2D eigenvalue weighted by molar-refractivity contribution is -0.136. The molecule has 0 spiro atoms. The van der Waals surface area contributed by atoms with Crippen LogP contribution >= 0.6 is 0 Å². The van der Waals surface area contributed by atoms with E-state index < -0.39 is 6.03 Å². The second-order valence-corrected chi connectivity index (χ2v) is 12.3. The molecule has 0 atom stereocenters. The van der Waals surface area contributed by atoms with Gasteiger partial charge in [-0.05, 0) is 68.2 Å². The number of nitrogens with one attached hydrogen (secondary N) is 2. The molecule has 0 unspecified atom stereocenters. The Morgan fingerprint density at radius 2 is 1.80 bits per heavy atom. The van der Waals surface area contributed by atoms with Crippen LogP contribution in [0.2, 0.25) is 0 Å². The average molecular weight is 620 g/mol. The van der Waals surface area contributed by atoms with Crippen LogP contribution in [0.3, 0.4) is 0 Å². The number of aromatic nitrogens is 3. The first kappa shape index (κ1) is 29.5. The third-order valence-corrected chi connectivity index (χ3v) is 9.40. The minimum atomic E-state index is -0.444. The van der Waals surface area contributed by atoms with Crippen LogP contribution in [0.5, 0.6) is 5.75 Å². The Hall–Kier alpha value is -5.19. The largest absolute Gasteiger partial charge is 0.452 e. The van der Waals surface area contributed by atoms with Gasteiger partial charge in [-0.2, -0.15) is 0 Å². The first-order chi connectivity index (χ1) is 22.4. The number of Topliss-reactive ketones (excluding diaryl/α,β-unsaturated/α-hetero) is 1. The maximum atomic E-state index is 13.5. The number of urea groups is 1. The van der Waals surface area contributed by atoms with Gasteiger partial charge in [-0.1, -0.05) is 12.8 Å². The van der Waals surface area contributed by atoms with E-state index in [-0.39, 0.29) is 23.4 Å². The summed E-state index contributed by atoms with van der Waals surface area (Å²) in [6.45, 7) is 1.54. The number of aryl methyl sites for hydroxylation is 1. The summed E-state index contributed by atoms with van der Waals surface area (Å²) in [5.41, 5.74) is 4.05. The number of amides is 3. The molecule has 1 aromatic carbocycles. The lowest BCUT2D eigenvalue weighted by Gasteiger charge is -2.36. The van der Waals surface area contributed by atoms with Crippen LogP contribution in [0.1, 0.15) is 54.4 Å². The lowest BCUT2D eigenvalue weighted by atomic mass is 9.94. The molecule has 1 saturated heterocycles. The van der Waals surface area contributed by atoms with Crippen LogP contribution in [0.25, 0.3) is 17.1 Å². The van der Waals surface area contributed by atoms with Gasteiger partial charge in [0.15, 0.2) is 5.76 Å². The van der Waals surface area contributed by atoms with E-state index in [9.17, 15) is 14.4 Å². The molecule has 5 heterocycles. The number of ether oxygens (including phenoxy) is 1. The Morgan fingerprint density at radius 3 is 2.57 bits per heavy atom. The van der Waals surface area contributed by atoms with Crippen LogP contribution in [0.4, 0.5) is 21.9 Å². The van der Waals surface area contributed by atoms with Crippen molar-refractivity contribution in [2.24, 2.45) is 13.0 Å². The molecule has 1 saturated carbocycles. The van der Waals surface area contributed by atoms with Gasteiger partial charge in [0.2, 0.25) is 11.7 Å². The number of carbonyl (C=O) groups excluding carboxylic acids is 3. The second kappa shape index (κ2) is 12.3. The summed E-state index contributed by atoms with van der Waals surface area (Å²) in [6.07, 6.45) is 15.0. The molecular weight excluding hydrogens is 582 g/mol. The molecule has 3 aliphatic rings. The molecule has 3 amide bonds. The zero-order chi connectivity index (χ0) is 31.8. The summed E-state index contributed by atoms with van der Waals surface area (Å²) in [6, 6.07) is 10.4. The van der Waals surface area contributed by atoms with Gasteiger partial charge in [0.05, 0.1) is 17.4 Å². The quantitative estimate of drug-likeness (QED) is 0.260. The first-order valence-electron chi connectivity index (χ1n) is 15.9. The van der Waals surface area contributed by atoms with Crippen LogP contribution in [-0.2, 0) is 11.8 Å². The molecule has 0 radical (unpaired) electrons. The molecule has 2 N–H and O–H groups in total. The van der Waals surface area contributed by atoms with Gasteiger partial charge in [-0.3, -0.25) is 14.6 Å². The number of allylic oxidation sites excluding steroid dienone is 1.